The molecule has 0 atom stereocenters. The van der Waals surface area contributed by atoms with Crippen molar-refractivity contribution >= 4 is 0 Å². The summed E-state index contributed by atoms with van der Waals surface area (Å²) in [4.78, 5) is 0. The molecule has 0 saturated heterocycles. The Morgan fingerprint density at radius 1 is 0.600 bits per heavy atom. The SMILES string of the molecule is Cc1ccc[c-]c1-c1[c-]cccc1C.[Y].[Y].[Y].[Y].[Y].[Y]. The van der Waals surface area contributed by atoms with Crippen LogP contribution in [0.1, 0.15) is 11.1 Å². The predicted molar refractivity (Wildman–Crippen MR) is 59.0 cm³/mol. The largest absolute Gasteiger partial charge is 0.223 e. The van der Waals surface area contributed by atoms with Gasteiger partial charge >= 0.3 is 0 Å². The predicted octanol–water partition coefficient (Wildman–Crippen LogP) is 3.56. The van der Waals surface area contributed by atoms with Crippen LogP contribution in [0.3, 0.4) is 0 Å². The monoisotopic (exact) mass is 714 g/mol. The van der Waals surface area contributed by atoms with Crippen LogP contribution < -0.4 is 0 Å². The minimum Gasteiger partial charge on any atom is -0.223 e. The Balaban J connectivity index is -0.000000125. The number of aryl methyl sites for hydroxylation is 2. The molecule has 0 fully saturated rings. The van der Waals surface area contributed by atoms with Crippen molar-refractivity contribution in [1.82, 2.24) is 0 Å². The van der Waals surface area contributed by atoms with Gasteiger partial charge in [-0.1, -0.05) is 13.8 Å². The quantitative estimate of drug-likeness (QED) is 0.397. The van der Waals surface area contributed by atoms with Gasteiger partial charge in [0.25, 0.3) is 0 Å². The molecule has 6 heteroatoms. The van der Waals surface area contributed by atoms with Crippen LogP contribution in [0.2, 0.25) is 0 Å². The third-order valence-electron chi connectivity index (χ3n) is 2.38. The molecule has 0 heterocycles. The van der Waals surface area contributed by atoms with Crippen molar-refractivity contribution in [2.45, 2.75) is 13.8 Å². The number of benzene rings is 2. The van der Waals surface area contributed by atoms with E-state index in [1.165, 1.54) is 11.1 Å². The van der Waals surface area contributed by atoms with E-state index in [-0.39, 0.29) is 196 Å². The van der Waals surface area contributed by atoms with Gasteiger partial charge in [-0.2, -0.15) is 47.5 Å². The molecule has 0 spiro atoms. The van der Waals surface area contributed by atoms with Gasteiger partial charge in [0.1, 0.15) is 0 Å². The molecule has 2 aromatic rings. The van der Waals surface area contributed by atoms with E-state index >= 15 is 0 Å². The number of hydrogen-bond acceptors (Lipinski definition) is 0. The third kappa shape index (κ3) is 11.6. The van der Waals surface area contributed by atoms with Crippen molar-refractivity contribution in [3.05, 3.63) is 59.7 Å². The minimum atomic E-state index is 0. The van der Waals surface area contributed by atoms with Crippen LogP contribution in [0.25, 0.3) is 11.1 Å². The zero-order valence-corrected chi connectivity index (χ0v) is 29.0. The second-order valence-electron chi connectivity index (χ2n) is 3.46. The molecule has 0 N–H and O–H groups in total. The maximum Gasteiger partial charge on any atom is 0 e. The molecule has 0 bridgehead atoms. The molecule has 88 valence electrons. The zero-order valence-electron chi connectivity index (χ0n) is 11.9. The maximum absolute atomic E-state index is 3.26. The number of hydrogen-bond donors (Lipinski definition) is 0. The van der Waals surface area contributed by atoms with E-state index in [4.69, 9.17) is 0 Å². The van der Waals surface area contributed by atoms with Crippen molar-refractivity contribution in [3.8, 4) is 11.1 Å². The van der Waals surface area contributed by atoms with Crippen LogP contribution in [-0.2, 0) is 196 Å². The van der Waals surface area contributed by atoms with E-state index in [1.54, 1.807) is 0 Å². The van der Waals surface area contributed by atoms with Crippen molar-refractivity contribution in [3.63, 3.8) is 0 Å². The summed E-state index contributed by atoms with van der Waals surface area (Å²) >= 11 is 0. The second kappa shape index (κ2) is 20.4. The van der Waals surface area contributed by atoms with Crippen molar-refractivity contribution in [2.24, 2.45) is 0 Å². The summed E-state index contributed by atoms with van der Waals surface area (Å²) in [5.74, 6) is 0. The zero-order chi connectivity index (χ0) is 9.97. The summed E-state index contributed by atoms with van der Waals surface area (Å²) in [6.45, 7) is 4.21. The first-order chi connectivity index (χ1) is 6.79. The van der Waals surface area contributed by atoms with Crippen LogP contribution in [0.5, 0.6) is 0 Å². The molecule has 20 heavy (non-hydrogen) atoms. The van der Waals surface area contributed by atoms with E-state index in [2.05, 4.69) is 38.1 Å². The average Bonchev–Trinajstić information content (AvgIpc) is 2.20. The van der Waals surface area contributed by atoms with Crippen molar-refractivity contribution in [2.75, 3.05) is 0 Å². The smallest absolute Gasteiger partial charge is 0 e. The minimum absolute atomic E-state index is 0. The Hall–Kier alpha value is 5.06. The van der Waals surface area contributed by atoms with E-state index in [9.17, 15) is 0 Å². The van der Waals surface area contributed by atoms with Gasteiger partial charge < -0.3 is 0 Å². The normalized spacial score (nSPS) is 7.10. The Labute approximate surface area is 274 Å². The van der Waals surface area contributed by atoms with Gasteiger partial charge in [-0.05, 0) is 0 Å². The first-order valence-corrected chi connectivity index (χ1v) is 4.74. The Kier molecular flexibility index (Phi) is 36.7. The van der Waals surface area contributed by atoms with Gasteiger partial charge in [-0.3, -0.25) is 0 Å². The van der Waals surface area contributed by atoms with Crippen LogP contribution >= 0.6 is 0 Å². The molecular formula is C14H12Y6-2. The molecule has 0 aliphatic heterocycles. The molecular weight excluding hydrogens is 702 g/mol. The van der Waals surface area contributed by atoms with Crippen LogP contribution in [0, 0.1) is 26.0 Å². The van der Waals surface area contributed by atoms with Crippen molar-refractivity contribution < 1.29 is 196 Å². The van der Waals surface area contributed by atoms with Gasteiger partial charge in [0.15, 0.2) is 0 Å². The summed E-state index contributed by atoms with van der Waals surface area (Å²) < 4.78 is 0. The summed E-state index contributed by atoms with van der Waals surface area (Å²) in [6, 6.07) is 18.6. The Morgan fingerprint density at radius 3 is 1.15 bits per heavy atom. The Morgan fingerprint density at radius 2 is 0.900 bits per heavy atom. The number of rotatable bonds is 1. The van der Waals surface area contributed by atoms with Crippen LogP contribution in [0.4, 0.5) is 0 Å². The molecule has 0 aliphatic rings. The molecule has 0 amide bonds. The Bertz CT molecular complexity index is 415. The first kappa shape index (κ1) is 36.1. The molecule has 0 unspecified atom stereocenters. The summed E-state index contributed by atoms with van der Waals surface area (Å²) in [5.41, 5.74) is 4.81. The first-order valence-electron chi connectivity index (χ1n) is 4.74. The van der Waals surface area contributed by atoms with E-state index in [1.807, 2.05) is 24.3 Å². The summed E-state index contributed by atoms with van der Waals surface area (Å²) in [5, 5.41) is 0. The molecule has 0 aliphatic carbocycles. The van der Waals surface area contributed by atoms with Crippen LogP contribution in [0.15, 0.2) is 36.4 Å². The summed E-state index contributed by atoms with van der Waals surface area (Å²) in [7, 11) is 0. The van der Waals surface area contributed by atoms with Crippen molar-refractivity contribution in [1.29, 1.82) is 0 Å². The topological polar surface area (TPSA) is 0 Å². The van der Waals surface area contributed by atoms with E-state index < -0.39 is 0 Å². The van der Waals surface area contributed by atoms with Gasteiger partial charge in [0.2, 0.25) is 0 Å². The third-order valence-corrected chi connectivity index (χ3v) is 2.38. The molecule has 6 radical (unpaired) electrons. The average molecular weight is 714 g/mol. The van der Waals surface area contributed by atoms with Gasteiger partial charge in [-0.25, -0.2) is 11.1 Å². The molecule has 0 aromatic heterocycles. The fourth-order valence-corrected chi connectivity index (χ4v) is 1.58. The second-order valence-corrected chi connectivity index (χ2v) is 3.46. The van der Waals surface area contributed by atoms with E-state index in [0.29, 0.717) is 0 Å². The molecule has 2 aromatic carbocycles. The molecule has 2 rings (SSSR count). The van der Waals surface area contributed by atoms with Crippen LogP contribution in [-0.4, -0.2) is 0 Å². The van der Waals surface area contributed by atoms with Gasteiger partial charge in [0.05, 0.1) is 0 Å². The molecule has 0 nitrogen and oxygen atoms in total. The fourth-order valence-electron chi connectivity index (χ4n) is 1.58. The van der Waals surface area contributed by atoms with Gasteiger partial charge in [0, 0.05) is 196 Å². The summed E-state index contributed by atoms with van der Waals surface area (Å²) in [6.07, 6.45) is 0. The standard InChI is InChI=1S/C14H12.6Y/c1-11-7-3-5-9-13(11)14-10-6-4-8-12(14)2;;;;;;/h3-8H,1-2H3;;;;;;/q-2;;;;;;. The van der Waals surface area contributed by atoms with Gasteiger partial charge in [-0.15, -0.1) is 12.1 Å². The fraction of sp³-hybridized carbons (Fsp3) is 0.143. The molecule has 0 saturated carbocycles. The van der Waals surface area contributed by atoms with E-state index in [0.717, 1.165) is 11.1 Å². The maximum atomic E-state index is 3.26.